The topological polar surface area (TPSA) is 87.1 Å². The molecule has 186 valence electrons. The van der Waals surface area contributed by atoms with Crippen LogP contribution < -0.4 is 9.47 Å². The fraction of sp³-hybridized carbons (Fsp3) is 0.292. The molecule has 8 nitrogen and oxygen atoms in total. The molecule has 11 heteroatoms. The molecule has 1 aromatic heterocycles. The maximum atomic E-state index is 14.7. The summed E-state index contributed by atoms with van der Waals surface area (Å²) >= 11 is 0. The van der Waals surface area contributed by atoms with E-state index in [0.717, 1.165) is 16.1 Å². The van der Waals surface area contributed by atoms with E-state index in [4.69, 9.17) is 14.2 Å². The van der Waals surface area contributed by atoms with Gasteiger partial charge in [0.15, 0.2) is 11.5 Å². The normalized spacial score (nSPS) is 13.1. The van der Waals surface area contributed by atoms with Crippen molar-refractivity contribution in [3.63, 3.8) is 0 Å². The third-order valence-corrected chi connectivity index (χ3v) is 6.75. The number of nitrogens with zero attached hydrogens (tertiary/aromatic N) is 2. The molecule has 0 atom stereocenters. The van der Waals surface area contributed by atoms with Gasteiger partial charge in [-0.25, -0.2) is 26.0 Å². The molecule has 2 aromatic carbocycles. The Morgan fingerprint density at radius 2 is 1.80 bits per heavy atom. The molecule has 3 aromatic rings. The van der Waals surface area contributed by atoms with Crippen molar-refractivity contribution in [2.75, 3.05) is 13.8 Å². The predicted octanol–water partition coefficient (Wildman–Crippen LogP) is 4.77. The van der Waals surface area contributed by atoms with E-state index >= 15 is 0 Å². The molecule has 0 spiro atoms. The number of ether oxygens (including phenoxy) is 3. The van der Waals surface area contributed by atoms with E-state index in [2.05, 4.69) is 0 Å². The Morgan fingerprint density at radius 1 is 1.09 bits per heavy atom. The Balaban J connectivity index is 1.78. The monoisotopic (exact) mass is 506 g/mol. The van der Waals surface area contributed by atoms with Crippen LogP contribution in [0.2, 0.25) is 0 Å². The van der Waals surface area contributed by atoms with E-state index in [1.165, 1.54) is 42.4 Å². The van der Waals surface area contributed by atoms with Gasteiger partial charge in [-0.1, -0.05) is 0 Å². The van der Waals surface area contributed by atoms with Crippen molar-refractivity contribution in [2.45, 2.75) is 37.8 Å². The van der Waals surface area contributed by atoms with Crippen molar-refractivity contribution in [1.29, 1.82) is 0 Å². The van der Waals surface area contributed by atoms with Crippen LogP contribution in [0.25, 0.3) is 11.3 Å². The lowest BCUT2D eigenvalue weighted by Gasteiger charge is -2.24. The smallest absolute Gasteiger partial charge is 0.410 e. The van der Waals surface area contributed by atoms with Gasteiger partial charge < -0.3 is 19.1 Å². The van der Waals surface area contributed by atoms with Crippen LogP contribution in [0, 0.1) is 11.6 Å². The first-order chi connectivity index (χ1) is 16.3. The standard InChI is InChI=1S/C24H24F2N2O6S/c1-24(2,3)34-23(29)27(4)12-15-9-20(18-7-5-16(25)10-19(18)26)28(13-15)35(30,31)17-6-8-21-22(11-17)33-14-32-21/h5-11,13H,12,14H2,1-4H3. The Bertz CT molecular complexity index is 1400. The fourth-order valence-electron chi connectivity index (χ4n) is 3.50. The zero-order valence-corrected chi connectivity index (χ0v) is 20.4. The first kappa shape index (κ1) is 24.5. The second kappa shape index (κ2) is 8.88. The summed E-state index contributed by atoms with van der Waals surface area (Å²) in [5.74, 6) is -1.07. The lowest BCUT2D eigenvalue weighted by Crippen LogP contribution is -2.33. The number of carbonyl (C=O) groups is 1. The highest BCUT2D eigenvalue weighted by molar-refractivity contribution is 7.90. The third kappa shape index (κ3) is 5.09. The maximum Gasteiger partial charge on any atom is 0.410 e. The molecule has 0 N–H and O–H groups in total. The van der Waals surface area contributed by atoms with Gasteiger partial charge in [-0.05, 0) is 56.7 Å². The van der Waals surface area contributed by atoms with Gasteiger partial charge in [0, 0.05) is 30.9 Å². The van der Waals surface area contributed by atoms with Crippen molar-refractivity contribution in [3.05, 3.63) is 65.9 Å². The van der Waals surface area contributed by atoms with Crippen LogP contribution in [0.4, 0.5) is 13.6 Å². The minimum Gasteiger partial charge on any atom is -0.454 e. The molecular weight excluding hydrogens is 482 g/mol. The Hall–Kier alpha value is -3.60. The number of hydrogen-bond acceptors (Lipinski definition) is 6. The highest BCUT2D eigenvalue weighted by Crippen LogP contribution is 2.36. The van der Waals surface area contributed by atoms with Crippen LogP contribution >= 0.6 is 0 Å². The summed E-state index contributed by atoms with van der Waals surface area (Å²) in [5, 5.41) is 0. The lowest BCUT2D eigenvalue weighted by atomic mass is 10.1. The Kier molecular flexibility index (Phi) is 6.22. The van der Waals surface area contributed by atoms with Gasteiger partial charge in [0.1, 0.15) is 17.2 Å². The molecule has 0 aliphatic carbocycles. The molecular formula is C24H24F2N2O6S. The van der Waals surface area contributed by atoms with E-state index in [-0.39, 0.29) is 35.2 Å². The van der Waals surface area contributed by atoms with Crippen LogP contribution in [-0.2, 0) is 21.3 Å². The molecule has 1 amide bonds. The number of amides is 1. The average Bonchev–Trinajstić information content (AvgIpc) is 3.39. The average molecular weight is 507 g/mol. The fourth-order valence-corrected chi connectivity index (χ4v) is 4.91. The van der Waals surface area contributed by atoms with Crippen LogP contribution in [-0.4, -0.2) is 42.8 Å². The number of halogens is 2. The first-order valence-corrected chi connectivity index (χ1v) is 12.1. The highest BCUT2D eigenvalue weighted by atomic mass is 32.2. The predicted molar refractivity (Wildman–Crippen MR) is 123 cm³/mol. The molecule has 0 unspecified atom stereocenters. The zero-order valence-electron chi connectivity index (χ0n) is 19.5. The largest absolute Gasteiger partial charge is 0.454 e. The van der Waals surface area contributed by atoms with Gasteiger partial charge in [-0.2, -0.15) is 0 Å². The van der Waals surface area contributed by atoms with E-state index in [9.17, 15) is 22.0 Å². The van der Waals surface area contributed by atoms with Gasteiger partial charge >= 0.3 is 6.09 Å². The van der Waals surface area contributed by atoms with Crippen LogP contribution in [0.1, 0.15) is 26.3 Å². The Morgan fingerprint density at radius 3 is 2.49 bits per heavy atom. The summed E-state index contributed by atoms with van der Waals surface area (Å²) in [6.07, 6.45) is 0.678. The van der Waals surface area contributed by atoms with Crippen LogP contribution in [0.3, 0.4) is 0 Å². The Labute approximate surface area is 201 Å². The van der Waals surface area contributed by atoms with Crippen molar-refractivity contribution < 1.29 is 36.2 Å². The van der Waals surface area contributed by atoms with Gasteiger partial charge in [-0.15, -0.1) is 0 Å². The van der Waals surface area contributed by atoms with Gasteiger partial charge in [0.25, 0.3) is 10.0 Å². The minimum absolute atomic E-state index is 0.0195. The molecule has 2 heterocycles. The quantitative estimate of drug-likeness (QED) is 0.496. The number of rotatable bonds is 5. The van der Waals surface area contributed by atoms with Gasteiger partial charge in [0.05, 0.1) is 17.1 Å². The van der Waals surface area contributed by atoms with Crippen molar-refractivity contribution >= 4 is 16.1 Å². The summed E-state index contributed by atoms with van der Waals surface area (Å²) in [6.45, 7) is 5.12. The van der Waals surface area contributed by atoms with E-state index in [0.29, 0.717) is 17.4 Å². The summed E-state index contributed by atoms with van der Waals surface area (Å²) in [4.78, 5) is 13.5. The number of benzene rings is 2. The molecule has 4 rings (SSSR count). The molecule has 0 radical (unpaired) electrons. The first-order valence-electron chi connectivity index (χ1n) is 10.6. The third-order valence-electron chi connectivity index (χ3n) is 5.08. The van der Waals surface area contributed by atoms with Crippen molar-refractivity contribution in [1.82, 2.24) is 8.87 Å². The molecule has 0 fully saturated rings. The number of hydrogen-bond donors (Lipinski definition) is 0. The van der Waals surface area contributed by atoms with E-state index in [1.807, 2.05) is 0 Å². The van der Waals surface area contributed by atoms with Crippen LogP contribution in [0.15, 0.2) is 53.6 Å². The molecule has 35 heavy (non-hydrogen) atoms. The van der Waals surface area contributed by atoms with E-state index < -0.39 is 33.4 Å². The number of carbonyl (C=O) groups excluding carboxylic acids is 1. The maximum absolute atomic E-state index is 14.7. The van der Waals surface area contributed by atoms with Crippen molar-refractivity contribution in [2.24, 2.45) is 0 Å². The van der Waals surface area contributed by atoms with Gasteiger partial charge in [-0.3, -0.25) is 0 Å². The molecule has 1 aliphatic heterocycles. The van der Waals surface area contributed by atoms with E-state index in [1.54, 1.807) is 20.8 Å². The molecule has 0 saturated heterocycles. The molecule has 0 saturated carbocycles. The summed E-state index contributed by atoms with van der Waals surface area (Å²) in [7, 11) is -2.75. The lowest BCUT2D eigenvalue weighted by molar-refractivity contribution is 0.0285. The number of fused-ring (bicyclic) bond motifs is 1. The van der Waals surface area contributed by atoms with Crippen molar-refractivity contribution in [3.8, 4) is 22.8 Å². The van der Waals surface area contributed by atoms with Gasteiger partial charge in [0.2, 0.25) is 6.79 Å². The summed E-state index contributed by atoms with van der Waals surface area (Å²) in [6, 6.07) is 8.43. The summed E-state index contributed by atoms with van der Waals surface area (Å²) < 4.78 is 72.2. The second-order valence-corrected chi connectivity index (χ2v) is 10.8. The van der Waals surface area contributed by atoms with Crippen LogP contribution in [0.5, 0.6) is 11.5 Å². The molecule has 1 aliphatic rings. The SMILES string of the molecule is CN(Cc1cc(-c2ccc(F)cc2F)n(S(=O)(=O)c2ccc3c(c2)OCO3)c1)C(=O)OC(C)(C)C. The summed E-state index contributed by atoms with van der Waals surface area (Å²) in [5.41, 5.74) is -0.487. The molecule has 0 bridgehead atoms. The second-order valence-electron chi connectivity index (χ2n) is 9.01. The number of aromatic nitrogens is 1. The minimum atomic E-state index is -4.24. The highest BCUT2D eigenvalue weighted by Gasteiger charge is 2.27. The zero-order chi connectivity index (χ0) is 25.5.